The third kappa shape index (κ3) is 4.59. The number of thiazole rings is 2. The van der Waals surface area contributed by atoms with Gasteiger partial charge in [0, 0.05) is 4.88 Å². The molecule has 0 atom stereocenters. The zero-order valence-electron chi connectivity index (χ0n) is 12.2. The number of aromatic nitrogens is 2. The molecule has 0 bridgehead atoms. The van der Waals surface area contributed by atoms with Gasteiger partial charge in [-0.25, -0.2) is 14.8 Å². The Morgan fingerprint density at radius 1 is 1.38 bits per heavy atom. The summed E-state index contributed by atoms with van der Waals surface area (Å²) < 4.78 is 6.10. The molecule has 2 rings (SSSR count). The van der Waals surface area contributed by atoms with Crippen molar-refractivity contribution in [3.05, 3.63) is 30.6 Å². The number of esters is 1. The fraction of sp³-hybridized carbons (Fsp3) is 0.500. The lowest BCUT2D eigenvalue weighted by Gasteiger charge is -2.04. The molecule has 0 aliphatic rings. The molecule has 0 spiro atoms. The molecule has 2 heterocycles. The van der Waals surface area contributed by atoms with Gasteiger partial charge in [-0.1, -0.05) is 13.8 Å². The SMILES string of the molecule is CCOC(=O)c1nc(Cc2ncc(Br)s2)sc1CC(C)C. The van der Waals surface area contributed by atoms with Crippen molar-refractivity contribution in [2.45, 2.75) is 33.6 Å². The van der Waals surface area contributed by atoms with Gasteiger partial charge in [0.15, 0.2) is 5.69 Å². The Morgan fingerprint density at radius 3 is 2.71 bits per heavy atom. The van der Waals surface area contributed by atoms with Gasteiger partial charge in [-0.3, -0.25) is 0 Å². The van der Waals surface area contributed by atoms with Crippen LogP contribution in [0.1, 0.15) is 46.2 Å². The second-order valence-corrected chi connectivity index (χ2v) is 8.60. The molecule has 7 heteroatoms. The molecule has 0 aliphatic carbocycles. The minimum atomic E-state index is -0.323. The molecule has 2 aromatic heterocycles. The van der Waals surface area contributed by atoms with E-state index in [0.717, 1.165) is 25.1 Å². The Morgan fingerprint density at radius 2 is 2.14 bits per heavy atom. The maximum Gasteiger partial charge on any atom is 0.358 e. The number of carbonyl (C=O) groups excluding carboxylic acids is 1. The number of hydrogen-bond acceptors (Lipinski definition) is 6. The highest BCUT2D eigenvalue weighted by Gasteiger charge is 2.20. The molecule has 0 unspecified atom stereocenters. The second kappa shape index (κ2) is 7.47. The van der Waals surface area contributed by atoms with E-state index in [1.807, 2.05) is 0 Å². The van der Waals surface area contributed by atoms with Gasteiger partial charge in [0.25, 0.3) is 0 Å². The Balaban J connectivity index is 2.24. The van der Waals surface area contributed by atoms with E-state index in [2.05, 4.69) is 39.7 Å². The van der Waals surface area contributed by atoms with Crippen molar-refractivity contribution in [3.63, 3.8) is 0 Å². The van der Waals surface area contributed by atoms with Crippen LogP contribution in [0.3, 0.4) is 0 Å². The maximum absolute atomic E-state index is 12.0. The number of carbonyl (C=O) groups is 1. The molecule has 0 amide bonds. The lowest BCUT2D eigenvalue weighted by atomic mass is 10.1. The molecule has 0 saturated carbocycles. The van der Waals surface area contributed by atoms with Crippen molar-refractivity contribution >= 4 is 44.6 Å². The second-order valence-electron chi connectivity index (χ2n) is 4.93. The first-order valence-electron chi connectivity index (χ1n) is 6.75. The maximum atomic E-state index is 12.0. The minimum absolute atomic E-state index is 0.323. The van der Waals surface area contributed by atoms with E-state index >= 15 is 0 Å². The van der Waals surface area contributed by atoms with Gasteiger partial charge in [-0.15, -0.1) is 22.7 Å². The quantitative estimate of drug-likeness (QED) is 0.691. The van der Waals surface area contributed by atoms with Crippen molar-refractivity contribution in [2.24, 2.45) is 5.92 Å². The number of nitrogens with zero attached hydrogens (tertiary/aromatic N) is 2. The van der Waals surface area contributed by atoms with E-state index in [1.54, 1.807) is 35.8 Å². The van der Waals surface area contributed by atoms with E-state index in [1.165, 1.54) is 0 Å². The summed E-state index contributed by atoms with van der Waals surface area (Å²) in [7, 11) is 0. The smallest absolute Gasteiger partial charge is 0.358 e. The lowest BCUT2D eigenvalue weighted by molar-refractivity contribution is 0.0519. The molecule has 0 saturated heterocycles. The topological polar surface area (TPSA) is 52.1 Å². The summed E-state index contributed by atoms with van der Waals surface area (Å²) in [5.41, 5.74) is 0.473. The van der Waals surface area contributed by atoms with E-state index in [9.17, 15) is 4.79 Å². The first-order valence-corrected chi connectivity index (χ1v) is 9.18. The normalized spacial score (nSPS) is 11.1. The van der Waals surface area contributed by atoms with Crippen molar-refractivity contribution in [1.82, 2.24) is 9.97 Å². The number of ether oxygens (including phenoxy) is 1. The van der Waals surface area contributed by atoms with Crippen LogP contribution in [0.25, 0.3) is 0 Å². The predicted molar refractivity (Wildman–Crippen MR) is 89.2 cm³/mol. The molecule has 114 valence electrons. The predicted octanol–water partition coefficient (Wildman–Crippen LogP) is 4.33. The highest BCUT2D eigenvalue weighted by molar-refractivity contribution is 9.11. The highest BCUT2D eigenvalue weighted by Crippen LogP contribution is 2.27. The Bertz CT molecular complexity index is 622. The van der Waals surface area contributed by atoms with Crippen LogP contribution in [-0.4, -0.2) is 22.5 Å². The summed E-state index contributed by atoms with van der Waals surface area (Å²) in [5.74, 6) is 0.149. The van der Waals surface area contributed by atoms with Crippen LogP contribution in [0.2, 0.25) is 0 Å². The third-order valence-electron chi connectivity index (χ3n) is 2.63. The van der Waals surface area contributed by atoms with Gasteiger partial charge in [-0.2, -0.15) is 0 Å². The number of halogens is 1. The van der Waals surface area contributed by atoms with Crippen LogP contribution in [0.4, 0.5) is 0 Å². The zero-order chi connectivity index (χ0) is 15.4. The van der Waals surface area contributed by atoms with E-state index in [0.29, 0.717) is 24.6 Å². The molecule has 0 aromatic carbocycles. The summed E-state index contributed by atoms with van der Waals surface area (Å²) in [5, 5.41) is 1.90. The average Bonchev–Trinajstić information content (AvgIpc) is 2.96. The third-order valence-corrected chi connectivity index (χ3v) is 5.19. The highest BCUT2D eigenvalue weighted by atomic mass is 79.9. The van der Waals surface area contributed by atoms with Gasteiger partial charge >= 0.3 is 5.97 Å². The first kappa shape index (κ1) is 16.6. The fourth-order valence-corrected chi connectivity index (χ4v) is 4.51. The summed E-state index contributed by atoms with van der Waals surface area (Å²) in [6.07, 6.45) is 3.29. The summed E-state index contributed by atoms with van der Waals surface area (Å²) in [6, 6.07) is 0. The molecule has 4 nitrogen and oxygen atoms in total. The van der Waals surface area contributed by atoms with Crippen molar-refractivity contribution in [2.75, 3.05) is 6.61 Å². The van der Waals surface area contributed by atoms with Crippen LogP contribution in [0, 0.1) is 5.92 Å². The van der Waals surface area contributed by atoms with E-state index in [4.69, 9.17) is 4.74 Å². The van der Waals surface area contributed by atoms with Crippen LogP contribution in [0.5, 0.6) is 0 Å². The Labute approximate surface area is 140 Å². The molecule has 0 N–H and O–H groups in total. The van der Waals surface area contributed by atoms with E-state index < -0.39 is 0 Å². The molecule has 0 fully saturated rings. The van der Waals surface area contributed by atoms with Crippen molar-refractivity contribution < 1.29 is 9.53 Å². The van der Waals surface area contributed by atoms with Crippen LogP contribution >= 0.6 is 38.6 Å². The van der Waals surface area contributed by atoms with Crippen LogP contribution in [0.15, 0.2) is 9.98 Å². The average molecular weight is 389 g/mol. The Kier molecular flexibility index (Phi) is 5.89. The van der Waals surface area contributed by atoms with Crippen LogP contribution in [-0.2, 0) is 17.6 Å². The van der Waals surface area contributed by atoms with Gasteiger partial charge in [-0.05, 0) is 35.2 Å². The molecule has 2 aromatic rings. The van der Waals surface area contributed by atoms with Crippen molar-refractivity contribution in [3.8, 4) is 0 Å². The van der Waals surface area contributed by atoms with Crippen LogP contribution < -0.4 is 0 Å². The monoisotopic (exact) mass is 388 g/mol. The number of hydrogen-bond donors (Lipinski definition) is 0. The fourth-order valence-electron chi connectivity index (χ4n) is 1.84. The lowest BCUT2D eigenvalue weighted by Crippen LogP contribution is -2.09. The Hall–Kier alpha value is -0.790. The minimum Gasteiger partial charge on any atom is -0.461 e. The summed E-state index contributed by atoms with van der Waals surface area (Å²) in [6.45, 7) is 6.44. The van der Waals surface area contributed by atoms with Gasteiger partial charge in [0.1, 0.15) is 10.0 Å². The molecular formula is C14H17BrN2O2S2. The molecule has 21 heavy (non-hydrogen) atoms. The largest absolute Gasteiger partial charge is 0.461 e. The molecule has 0 aliphatic heterocycles. The molecular weight excluding hydrogens is 372 g/mol. The summed E-state index contributed by atoms with van der Waals surface area (Å²) in [4.78, 5) is 21.8. The van der Waals surface area contributed by atoms with Gasteiger partial charge < -0.3 is 4.74 Å². The van der Waals surface area contributed by atoms with Gasteiger partial charge in [0.2, 0.25) is 0 Å². The molecule has 0 radical (unpaired) electrons. The van der Waals surface area contributed by atoms with Gasteiger partial charge in [0.05, 0.1) is 23.0 Å². The standard InChI is InChI=1S/C14H17BrN2O2S2/c1-4-19-14(18)13-9(5-8(2)3)20-12(17-13)6-11-16-7-10(15)21-11/h7-8H,4-6H2,1-3H3. The summed E-state index contributed by atoms with van der Waals surface area (Å²) >= 11 is 6.58. The zero-order valence-corrected chi connectivity index (χ0v) is 15.4. The first-order chi connectivity index (χ1) is 9.99. The number of rotatable bonds is 6. The van der Waals surface area contributed by atoms with Crippen molar-refractivity contribution in [1.29, 1.82) is 0 Å². The van der Waals surface area contributed by atoms with E-state index in [-0.39, 0.29) is 5.97 Å².